The van der Waals surface area contributed by atoms with E-state index in [1.165, 1.54) is 16.5 Å². The Bertz CT molecular complexity index is 1220. The Morgan fingerprint density at radius 2 is 1.86 bits per heavy atom. The number of hydrogen-bond donors (Lipinski definition) is 2. The van der Waals surface area contributed by atoms with Crippen molar-refractivity contribution in [3.05, 3.63) is 59.3 Å². The van der Waals surface area contributed by atoms with E-state index in [2.05, 4.69) is 28.9 Å². The fraction of sp³-hybridized carbons (Fsp3) is 0.464. The molecule has 0 amide bonds. The number of methoxy groups -OCH3 is 1. The number of H-pyrrole nitrogens is 1. The topological polar surface area (TPSA) is 68.8 Å². The van der Waals surface area contributed by atoms with Gasteiger partial charge in [-0.3, -0.25) is 4.90 Å². The Morgan fingerprint density at radius 3 is 2.44 bits per heavy atom. The molecule has 2 aliphatic rings. The van der Waals surface area contributed by atoms with Crippen LogP contribution >= 0.6 is 0 Å². The first-order chi connectivity index (χ1) is 17.0. The highest BCUT2D eigenvalue weighted by atomic mass is 19.3. The van der Waals surface area contributed by atoms with Crippen LogP contribution in [0.3, 0.4) is 0 Å². The van der Waals surface area contributed by atoms with E-state index in [1.54, 1.807) is 25.3 Å². The summed E-state index contributed by atoms with van der Waals surface area (Å²) >= 11 is 0. The highest BCUT2D eigenvalue weighted by Crippen LogP contribution is 2.57. The molecule has 3 aromatic rings. The molecule has 1 aliphatic heterocycles. The SMILES string of the molecule is CN(C)c1cccc(C(=O)O)c1.COc1cc(C)c2[nH]ccc2c1CN1CCC2(CC1)CC(F)(F)C2. The molecule has 0 radical (unpaired) electrons. The van der Waals surface area contributed by atoms with Gasteiger partial charge < -0.3 is 19.7 Å². The van der Waals surface area contributed by atoms with Gasteiger partial charge in [0.25, 0.3) is 0 Å². The fourth-order valence-corrected chi connectivity index (χ4v) is 5.51. The van der Waals surface area contributed by atoms with Gasteiger partial charge in [0.1, 0.15) is 5.75 Å². The predicted molar refractivity (Wildman–Crippen MR) is 138 cm³/mol. The minimum Gasteiger partial charge on any atom is -0.496 e. The number of carboxylic acids is 1. The number of alkyl halides is 2. The number of aryl methyl sites for hydroxylation is 1. The molecule has 36 heavy (non-hydrogen) atoms. The van der Waals surface area contributed by atoms with E-state index < -0.39 is 11.9 Å². The van der Waals surface area contributed by atoms with Gasteiger partial charge in [-0.25, -0.2) is 13.6 Å². The second-order valence-corrected chi connectivity index (χ2v) is 10.4. The molecular weight excluding hydrogens is 464 g/mol. The molecule has 2 N–H and O–H groups in total. The molecule has 0 atom stereocenters. The number of rotatable bonds is 5. The van der Waals surface area contributed by atoms with Crippen LogP contribution in [0.1, 0.15) is 47.2 Å². The molecule has 5 rings (SSSR count). The summed E-state index contributed by atoms with van der Waals surface area (Å²) in [6.07, 6.45) is 3.90. The van der Waals surface area contributed by atoms with E-state index >= 15 is 0 Å². The molecule has 8 heteroatoms. The number of likely N-dealkylation sites (tertiary alicyclic amines) is 1. The number of hydrogen-bond acceptors (Lipinski definition) is 4. The molecule has 2 fully saturated rings. The van der Waals surface area contributed by atoms with E-state index in [-0.39, 0.29) is 18.3 Å². The summed E-state index contributed by atoms with van der Waals surface area (Å²) in [5.74, 6) is -2.40. The number of carboxylic acid groups (broad SMARTS) is 1. The van der Waals surface area contributed by atoms with Crippen molar-refractivity contribution in [3.63, 3.8) is 0 Å². The van der Waals surface area contributed by atoms with Gasteiger partial charge in [-0.15, -0.1) is 0 Å². The van der Waals surface area contributed by atoms with Crippen molar-refractivity contribution in [2.45, 2.75) is 45.1 Å². The highest BCUT2D eigenvalue weighted by molar-refractivity contribution is 5.89. The van der Waals surface area contributed by atoms with Gasteiger partial charge in [-0.05, 0) is 74.2 Å². The second kappa shape index (κ2) is 10.1. The molecule has 2 aromatic carbocycles. The smallest absolute Gasteiger partial charge is 0.335 e. The average molecular weight is 500 g/mol. The van der Waals surface area contributed by atoms with Crippen molar-refractivity contribution in [1.29, 1.82) is 0 Å². The molecule has 1 aliphatic carbocycles. The summed E-state index contributed by atoms with van der Waals surface area (Å²) < 4.78 is 32.1. The molecule has 1 spiro atoms. The first-order valence-corrected chi connectivity index (χ1v) is 12.3. The lowest BCUT2D eigenvalue weighted by Crippen LogP contribution is -2.52. The third-order valence-corrected chi connectivity index (χ3v) is 7.51. The summed E-state index contributed by atoms with van der Waals surface area (Å²) in [6, 6.07) is 11.0. The maximum Gasteiger partial charge on any atom is 0.335 e. The van der Waals surface area contributed by atoms with Gasteiger partial charge in [0.05, 0.1) is 12.7 Å². The van der Waals surface area contributed by atoms with Gasteiger partial charge >= 0.3 is 5.97 Å². The van der Waals surface area contributed by atoms with Crippen LogP contribution in [0.25, 0.3) is 10.9 Å². The standard InChI is InChI=1S/C19H24F2N2O.C9H11NO2/c1-13-9-16(24-2)15(14-3-6-22-17(13)14)10-23-7-4-18(5-8-23)11-19(20,21)12-18;1-10(2)8-5-3-4-7(6-8)9(11)12/h3,6,9,22H,4-5,7-8,10-12H2,1-2H3;3-6H,1-2H3,(H,11,12). The minimum absolute atomic E-state index is 0.0871. The molecule has 1 saturated carbocycles. The number of nitrogens with zero attached hydrogens (tertiary/aromatic N) is 2. The van der Waals surface area contributed by atoms with Crippen LogP contribution in [0.15, 0.2) is 42.6 Å². The molecule has 1 saturated heterocycles. The van der Waals surface area contributed by atoms with E-state index in [1.807, 2.05) is 31.3 Å². The monoisotopic (exact) mass is 499 g/mol. The number of carbonyl (C=O) groups is 1. The van der Waals surface area contributed by atoms with Gasteiger partial charge in [-0.2, -0.15) is 0 Å². The Balaban J connectivity index is 0.000000214. The molecular formula is C28H35F2N3O3. The quantitative estimate of drug-likeness (QED) is 0.454. The van der Waals surface area contributed by atoms with Crippen LogP contribution < -0.4 is 9.64 Å². The van der Waals surface area contributed by atoms with Crippen molar-refractivity contribution < 1.29 is 23.4 Å². The van der Waals surface area contributed by atoms with Crippen molar-refractivity contribution in [3.8, 4) is 5.75 Å². The number of aromatic amines is 1. The van der Waals surface area contributed by atoms with Crippen LogP contribution in [0.2, 0.25) is 0 Å². The third kappa shape index (κ3) is 5.48. The number of nitrogens with one attached hydrogen (secondary N) is 1. The van der Waals surface area contributed by atoms with E-state index in [4.69, 9.17) is 9.84 Å². The minimum atomic E-state index is -2.42. The average Bonchev–Trinajstić information content (AvgIpc) is 3.32. The fourth-order valence-electron chi connectivity index (χ4n) is 5.51. The van der Waals surface area contributed by atoms with Crippen LogP contribution in [-0.2, 0) is 6.54 Å². The molecule has 6 nitrogen and oxygen atoms in total. The Kier molecular flexibility index (Phi) is 7.27. The maximum atomic E-state index is 13.3. The lowest BCUT2D eigenvalue weighted by Gasteiger charge is -2.51. The molecule has 0 unspecified atom stereocenters. The zero-order valence-corrected chi connectivity index (χ0v) is 21.4. The van der Waals surface area contributed by atoms with Gasteiger partial charge in [0.15, 0.2) is 0 Å². The maximum absolute atomic E-state index is 13.3. The van der Waals surface area contributed by atoms with Crippen molar-refractivity contribution in [1.82, 2.24) is 9.88 Å². The number of ether oxygens (including phenoxy) is 1. The second-order valence-electron chi connectivity index (χ2n) is 10.4. The number of piperidine rings is 1. The summed E-state index contributed by atoms with van der Waals surface area (Å²) in [4.78, 5) is 18.1. The van der Waals surface area contributed by atoms with Gasteiger partial charge in [0.2, 0.25) is 5.92 Å². The van der Waals surface area contributed by atoms with Crippen molar-refractivity contribution in [2.75, 3.05) is 39.2 Å². The lowest BCUT2D eigenvalue weighted by atomic mass is 9.61. The summed E-state index contributed by atoms with van der Waals surface area (Å²) in [6.45, 7) is 4.66. The number of aromatic nitrogens is 1. The van der Waals surface area contributed by atoms with Crippen LogP contribution in [-0.4, -0.2) is 61.2 Å². The molecule has 2 heterocycles. The zero-order valence-electron chi connectivity index (χ0n) is 21.4. The van der Waals surface area contributed by atoms with E-state index in [9.17, 15) is 13.6 Å². The summed E-state index contributed by atoms with van der Waals surface area (Å²) in [5.41, 5.74) is 4.63. The molecule has 194 valence electrons. The van der Waals surface area contributed by atoms with Crippen molar-refractivity contribution >= 4 is 22.6 Å². The number of aromatic carboxylic acids is 1. The number of fused-ring (bicyclic) bond motifs is 1. The van der Waals surface area contributed by atoms with Crippen LogP contribution in [0.5, 0.6) is 5.75 Å². The first-order valence-electron chi connectivity index (χ1n) is 12.3. The number of benzene rings is 2. The van der Waals surface area contributed by atoms with Gasteiger partial charge in [0, 0.05) is 61.8 Å². The summed E-state index contributed by atoms with van der Waals surface area (Å²) in [7, 11) is 5.46. The van der Waals surface area contributed by atoms with Gasteiger partial charge in [-0.1, -0.05) is 6.07 Å². The Labute approximate surface area is 210 Å². The first kappa shape index (κ1) is 25.9. The van der Waals surface area contributed by atoms with Crippen molar-refractivity contribution in [2.24, 2.45) is 5.41 Å². The molecule has 0 bridgehead atoms. The largest absolute Gasteiger partial charge is 0.496 e. The Hall–Kier alpha value is -3.13. The Morgan fingerprint density at radius 1 is 1.17 bits per heavy atom. The zero-order chi connectivity index (χ0) is 26.1. The number of anilines is 1. The lowest BCUT2D eigenvalue weighted by molar-refractivity contribution is -0.178. The number of halogens is 2. The van der Waals surface area contributed by atoms with E-state index in [0.29, 0.717) is 5.56 Å². The predicted octanol–water partition coefficient (Wildman–Crippen LogP) is 5.95. The highest BCUT2D eigenvalue weighted by Gasteiger charge is 2.56. The normalized spacial score (nSPS) is 18.3. The van der Waals surface area contributed by atoms with E-state index in [0.717, 1.165) is 49.4 Å². The van der Waals surface area contributed by atoms with Crippen LogP contribution in [0.4, 0.5) is 14.5 Å². The van der Waals surface area contributed by atoms with Crippen LogP contribution in [0, 0.1) is 12.3 Å². The summed E-state index contributed by atoms with van der Waals surface area (Å²) in [5, 5.41) is 9.87. The molecule has 1 aromatic heterocycles. The third-order valence-electron chi connectivity index (χ3n) is 7.51.